The molecule has 2 aromatic carbocycles. The first kappa shape index (κ1) is 19.1. The third-order valence-electron chi connectivity index (χ3n) is 5.74. The number of nitrogens with zero attached hydrogens (tertiary/aromatic N) is 3. The molecule has 0 saturated heterocycles. The van der Waals surface area contributed by atoms with Crippen molar-refractivity contribution in [3.8, 4) is 0 Å². The number of rotatable bonds is 7. The molecular weight excluding hydrogens is 386 g/mol. The van der Waals surface area contributed by atoms with Crippen LogP contribution in [-0.2, 0) is 13.6 Å². The second-order valence-electron chi connectivity index (χ2n) is 7.77. The first-order valence-electron chi connectivity index (χ1n) is 10.4. The van der Waals surface area contributed by atoms with Crippen molar-refractivity contribution < 1.29 is 9.21 Å². The lowest BCUT2D eigenvalue weighted by atomic mass is 9.91. The highest BCUT2D eigenvalue weighted by Crippen LogP contribution is 2.36. The van der Waals surface area contributed by atoms with Gasteiger partial charge in [-0.1, -0.05) is 48.5 Å². The van der Waals surface area contributed by atoms with Crippen molar-refractivity contribution in [2.45, 2.75) is 18.9 Å². The van der Waals surface area contributed by atoms with E-state index in [0.717, 1.165) is 28.8 Å². The van der Waals surface area contributed by atoms with Crippen molar-refractivity contribution in [1.82, 2.24) is 14.1 Å². The summed E-state index contributed by atoms with van der Waals surface area (Å²) in [5.41, 5.74) is 3.46. The molecular formula is C26H23N3O2. The van der Waals surface area contributed by atoms with E-state index in [4.69, 9.17) is 4.42 Å². The van der Waals surface area contributed by atoms with Gasteiger partial charge in [0.2, 0.25) is 0 Å². The van der Waals surface area contributed by atoms with Crippen LogP contribution in [0.15, 0.2) is 96.0 Å². The van der Waals surface area contributed by atoms with Crippen LogP contribution in [0.1, 0.15) is 39.8 Å². The number of benzene rings is 2. The highest BCUT2D eigenvalue weighted by Gasteiger charge is 2.26. The van der Waals surface area contributed by atoms with Crippen LogP contribution in [0, 0.1) is 0 Å². The quantitative estimate of drug-likeness (QED) is 0.337. The molecule has 5 heteroatoms. The van der Waals surface area contributed by atoms with Crippen molar-refractivity contribution in [2.24, 2.45) is 7.05 Å². The molecule has 0 aliphatic rings. The van der Waals surface area contributed by atoms with E-state index in [-0.39, 0.29) is 18.1 Å². The summed E-state index contributed by atoms with van der Waals surface area (Å²) >= 11 is 0. The van der Waals surface area contributed by atoms with E-state index in [1.54, 1.807) is 23.2 Å². The molecule has 5 aromatic rings. The summed E-state index contributed by atoms with van der Waals surface area (Å²) < 4.78 is 9.80. The topological polar surface area (TPSA) is 53.0 Å². The van der Waals surface area contributed by atoms with Crippen LogP contribution in [0.3, 0.4) is 0 Å². The summed E-state index contributed by atoms with van der Waals surface area (Å²) in [6, 6.07) is 22.5. The molecule has 0 aliphatic carbocycles. The number of hydrogen-bond donors (Lipinski definition) is 0. The maximum absolute atomic E-state index is 13.1. The van der Waals surface area contributed by atoms with Crippen molar-refractivity contribution in [3.63, 3.8) is 0 Å². The highest BCUT2D eigenvalue weighted by molar-refractivity contribution is 5.94. The first-order valence-corrected chi connectivity index (χ1v) is 10.4. The number of aryl methyl sites for hydroxylation is 1. The van der Waals surface area contributed by atoms with E-state index in [2.05, 4.69) is 58.2 Å². The number of para-hydroxylation sites is 1. The molecule has 0 aliphatic heterocycles. The molecule has 0 radical (unpaired) electrons. The Morgan fingerprint density at radius 1 is 1.03 bits per heavy atom. The Balaban J connectivity index is 1.58. The molecule has 31 heavy (non-hydrogen) atoms. The zero-order valence-corrected chi connectivity index (χ0v) is 17.3. The fourth-order valence-corrected chi connectivity index (χ4v) is 4.23. The maximum atomic E-state index is 13.1. The van der Waals surface area contributed by atoms with Gasteiger partial charge in [0.15, 0.2) is 11.6 Å². The van der Waals surface area contributed by atoms with E-state index >= 15 is 0 Å². The molecule has 3 heterocycles. The minimum atomic E-state index is -0.193. The molecule has 0 bridgehead atoms. The van der Waals surface area contributed by atoms with Crippen LogP contribution in [0.5, 0.6) is 0 Å². The summed E-state index contributed by atoms with van der Waals surface area (Å²) in [7, 11) is 1.84. The van der Waals surface area contributed by atoms with Gasteiger partial charge in [0.25, 0.3) is 0 Å². The van der Waals surface area contributed by atoms with E-state index in [0.29, 0.717) is 5.82 Å². The summed E-state index contributed by atoms with van der Waals surface area (Å²) in [6.07, 6.45) is 7.56. The van der Waals surface area contributed by atoms with Gasteiger partial charge in [-0.2, -0.15) is 0 Å². The number of ketones is 1. The highest BCUT2D eigenvalue weighted by atomic mass is 16.3. The van der Waals surface area contributed by atoms with Gasteiger partial charge >= 0.3 is 0 Å². The normalized spacial score (nSPS) is 12.3. The lowest BCUT2D eigenvalue weighted by Gasteiger charge is -2.13. The zero-order valence-electron chi connectivity index (χ0n) is 17.3. The molecule has 0 unspecified atom stereocenters. The van der Waals surface area contributed by atoms with Crippen molar-refractivity contribution in [3.05, 3.63) is 114 Å². The predicted molar refractivity (Wildman–Crippen MR) is 120 cm³/mol. The Morgan fingerprint density at radius 2 is 1.84 bits per heavy atom. The number of fused-ring (bicyclic) bond motifs is 1. The Labute approximate surface area is 180 Å². The standard InChI is InChI=1S/C26H23N3O2/c1-28-14-13-27-26(28)24(30)16-21(25-12-7-15-31-25)22-18-29(17-19-8-3-2-4-9-19)23-11-6-5-10-20(22)23/h2-15,18,21H,16-17H2,1H3/t21-/m1/s1. The third kappa shape index (κ3) is 3.70. The second kappa shape index (κ2) is 8.11. The summed E-state index contributed by atoms with van der Waals surface area (Å²) in [4.78, 5) is 17.4. The van der Waals surface area contributed by atoms with E-state index in [9.17, 15) is 4.79 Å². The number of Topliss-reactive ketones (excluding diaryl/α,β-unsaturated/α-hetero) is 1. The molecule has 5 rings (SSSR count). The van der Waals surface area contributed by atoms with Crippen LogP contribution in [-0.4, -0.2) is 19.9 Å². The zero-order chi connectivity index (χ0) is 21.2. The van der Waals surface area contributed by atoms with Crippen molar-refractivity contribution in [2.75, 3.05) is 0 Å². The van der Waals surface area contributed by atoms with Crippen LogP contribution in [0.25, 0.3) is 10.9 Å². The van der Waals surface area contributed by atoms with Gasteiger partial charge in [0.1, 0.15) is 5.76 Å². The monoisotopic (exact) mass is 409 g/mol. The van der Waals surface area contributed by atoms with Crippen molar-refractivity contribution >= 4 is 16.7 Å². The van der Waals surface area contributed by atoms with Gasteiger partial charge in [-0.15, -0.1) is 0 Å². The van der Waals surface area contributed by atoms with Gasteiger partial charge < -0.3 is 13.6 Å². The Hall–Kier alpha value is -3.86. The lowest BCUT2D eigenvalue weighted by molar-refractivity contribution is 0.0962. The fourth-order valence-electron chi connectivity index (χ4n) is 4.23. The summed E-state index contributed by atoms with van der Waals surface area (Å²) in [6.45, 7) is 0.763. The Bertz CT molecular complexity index is 1310. The van der Waals surface area contributed by atoms with Crippen molar-refractivity contribution in [1.29, 1.82) is 0 Å². The fraction of sp³-hybridized carbons (Fsp3) is 0.154. The molecule has 0 spiro atoms. The Morgan fingerprint density at radius 3 is 2.58 bits per heavy atom. The van der Waals surface area contributed by atoms with Gasteiger partial charge in [-0.25, -0.2) is 4.98 Å². The number of carbonyl (C=O) groups is 1. The van der Waals surface area contributed by atoms with Crippen LogP contribution < -0.4 is 0 Å². The minimum absolute atomic E-state index is 0.00575. The molecule has 0 N–H and O–H groups in total. The molecule has 3 aromatic heterocycles. The van der Waals surface area contributed by atoms with Gasteiger partial charge in [0.05, 0.1) is 12.2 Å². The molecule has 154 valence electrons. The molecule has 1 atom stereocenters. The third-order valence-corrected chi connectivity index (χ3v) is 5.74. The van der Waals surface area contributed by atoms with Crippen LogP contribution in [0.4, 0.5) is 0 Å². The smallest absolute Gasteiger partial charge is 0.199 e. The van der Waals surface area contributed by atoms with E-state index in [1.165, 1.54) is 5.56 Å². The molecule has 0 fully saturated rings. The van der Waals surface area contributed by atoms with Crippen LogP contribution in [0.2, 0.25) is 0 Å². The van der Waals surface area contributed by atoms with Gasteiger partial charge in [-0.3, -0.25) is 4.79 Å². The first-order chi connectivity index (χ1) is 15.2. The average molecular weight is 409 g/mol. The van der Waals surface area contributed by atoms with E-state index < -0.39 is 0 Å². The molecule has 0 saturated carbocycles. The number of carbonyl (C=O) groups excluding carboxylic acids is 1. The lowest BCUT2D eigenvalue weighted by Crippen LogP contribution is -2.12. The maximum Gasteiger partial charge on any atom is 0.199 e. The average Bonchev–Trinajstić information content (AvgIpc) is 3.54. The second-order valence-corrected chi connectivity index (χ2v) is 7.77. The largest absolute Gasteiger partial charge is 0.469 e. The Kier molecular flexibility index (Phi) is 5.00. The number of hydrogen-bond acceptors (Lipinski definition) is 3. The molecule has 5 nitrogen and oxygen atoms in total. The summed E-state index contributed by atoms with van der Waals surface area (Å²) in [5, 5.41) is 1.13. The number of furan rings is 1. The SMILES string of the molecule is Cn1ccnc1C(=O)C[C@@H](c1ccco1)c1cn(Cc2ccccc2)c2ccccc12. The van der Waals surface area contributed by atoms with Gasteiger partial charge in [-0.05, 0) is 29.3 Å². The number of imidazole rings is 1. The van der Waals surface area contributed by atoms with E-state index in [1.807, 2.05) is 31.3 Å². The van der Waals surface area contributed by atoms with Gasteiger partial charge in [0, 0.05) is 49.5 Å². The molecule has 0 amide bonds. The minimum Gasteiger partial charge on any atom is -0.469 e. The predicted octanol–water partition coefficient (Wildman–Crippen LogP) is 5.42. The summed E-state index contributed by atoms with van der Waals surface area (Å²) in [5.74, 6) is 1.05. The number of aromatic nitrogens is 3. The van der Waals surface area contributed by atoms with Crippen LogP contribution >= 0.6 is 0 Å².